The first-order valence-corrected chi connectivity index (χ1v) is 26.5. The number of methoxy groups -OCH3 is 4. The van der Waals surface area contributed by atoms with Crippen LogP contribution in [0.4, 0.5) is 0 Å². The summed E-state index contributed by atoms with van der Waals surface area (Å²) in [6.07, 6.45) is 1.04. The molecule has 79 heavy (non-hydrogen) atoms. The maximum Gasteiger partial charge on any atom is 0.133 e. The number of aryl methyl sites for hydroxylation is 17. The van der Waals surface area contributed by atoms with Crippen LogP contribution >= 0.6 is 0 Å². The van der Waals surface area contributed by atoms with Crippen molar-refractivity contribution in [2.45, 2.75) is 124 Å². The second kappa shape index (κ2) is 30.0. The number of rotatable bonds is 13. The summed E-state index contributed by atoms with van der Waals surface area (Å²) in [6.45, 7) is 34.9. The second-order valence-corrected chi connectivity index (χ2v) is 20.2. The van der Waals surface area contributed by atoms with Gasteiger partial charge in [-0.15, -0.1) is 22.3 Å². The van der Waals surface area contributed by atoms with Crippen molar-refractivity contribution in [3.8, 4) is 69.0 Å². The predicted octanol–water partition coefficient (Wildman–Crippen LogP) is 19.0. The van der Waals surface area contributed by atoms with Gasteiger partial charge in [0.1, 0.15) is 57.5 Å². The molecule has 0 atom stereocenters. The van der Waals surface area contributed by atoms with E-state index in [4.69, 9.17) is 37.9 Å². The molecule has 8 aromatic carbocycles. The van der Waals surface area contributed by atoms with Gasteiger partial charge in [-0.1, -0.05) is 65.0 Å². The molecule has 0 N–H and O–H groups in total. The van der Waals surface area contributed by atoms with Gasteiger partial charge < -0.3 is 37.9 Å². The standard InChI is InChI=1S/C19H24O2.C17H20O2.2C17H19O2.Y/c1-7-16-8-12(2)19(13(3)9-16)21-17-10-14(4)18(20-6)15(5)11-17;3*1-11-7-6-8-12(2)17(11)19-15-9-13(3)16(18-5)14(4)10-15;/h8-11H,7H2,1-6H3;6-10H,1-5H3;2*7-10H,1-5H3;/q;;2*-1;. The third-order valence-electron chi connectivity index (χ3n) is 13.4. The van der Waals surface area contributed by atoms with Crippen LogP contribution in [0.3, 0.4) is 0 Å². The molecule has 0 fully saturated rings. The first-order valence-electron chi connectivity index (χ1n) is 26.5. The van der Waals surface area contributed by atoms with Gasteiger partial charge >= 0.3 is 0 Å². The van der Waals surface area contributed by atoms with E-state index in [2.05, 4.69) is 71.0 Å². The van der Waals surface area contributed by atoms with E-state index < -0.39 is 0 Å². The fourth-order valence-corrected chi connectivity index (χ4v) is 9.79. The fraction of sp³-hybridized carbons (Fsp3) is 0.314. The molecule has 0 aliphatic carbocycles. The Morgan fingerprint density at radius 2 is 0.481 bits per heavy atom. The maximum absolute atomic E-state index is 6.15. The molecule has 0 amide bonds. The van der Waals surface area contributed by atoms with Gasteiger partial charge in [0, 0.05) is 44.2 Å². The minimum absolute atomic E-state index is 0. The van der Waals surface area contributed by atoms with Crippen molar-refractivity contribution in [2.24, 2.45) is 0 Å². The average molecular weight is 1140 g/mol. The molecule has 415 valence electrons. The number of benzene rings is 8. The van der Waals surface area contributed by atoms with E-state index >= 15 is 0 Å². The van der Waals surface area contributed by atoms with E-state index in [0.717, 1.165) is 153 Å². The Kier molecular flexibility index (Phi) is 24.6. The van der Waals surface area contributed by atoms with E-state index in [0.29, 0.717) is 0 Å². The van der Waals surface area contributed by atoms with Crippen molar-refractivity contribution in [1.82, 2.24) is 0 Å². The Morgan fingerprint density at radius 3 is 0.696 bits per heavy atom. The van der Waals surface area contributed by atoms with Crippen molar-refractivity contribution in [2.75, 3.05) is 28.4 Å². The molecule has 0 bridgehead atoms. The van der Waals surface area contributed by atoms with Crippen LogP contribution in [0.2, 0.25) is 0 Å². The van der Waals surface area contributed by atoms with Crippen LogP contribution in [0.25, 0.3) is 0 Å². The van der Waals surface area contributed by atoms with Gasteiger partial charge in [0.25, 0.3) is 0 Å². The third kappa shape index (κ3) is 17.1. The largest absolute Gasteiger partial charge is 0.496 e. The maximum atomic E-state index is 6.15. The van der Waals surface area contributed by atoms with Crippen LogP contribution in [0, 0.1) is 123 Å². The van der Waals surface area contributed by atoms with Crippen LogP contribution in [0.1, 0.15) is 102 Å². The normalized spacial score (nSPS) is 10.3. The van der Waals surface area contributed by atoms with Crippen molar-refractivity contribution < 1.29 is 70.6 Å². The zero-order chi connectivity index (χ0) is 57.5. The van der Waals surface area contributed by atoms with Gasteiger partial charge in [-0.05, 0) is 210 Å². The fourth-order valence-electron chi connectivity index (χ4n) is 9.79. The summed E-state index contributed by atoms with van der Waals surface area (Å²) in [4.78, 5) is 0. The van der Waals surface area contributed by atoms with Gasteiger partial charge in [-0.3, -0.25) is 0 Å². The molecule has 0 unspecified atom stereocenters. The van der Waals surface area contributed by atoms with Crippen molar-refractivity contribution in [1.29, 1.82) is 0 Å². The number of para-hydroxylation sites is 1. The first kappa shape index (κ1) is 64.8. The summed E-state index contributed by atoms with van der Waals surface area (Å²) in [5, 5.41) is 0. The molecule has 8 rings (SSSR count). The second-order valence-electron chi connectivity index (χ2n) is 20.2. The Labute approximate surface area is 498 Å². The van der Waals surface area contributed by atoms with E-state index in [1.807, 2.05) is 162 Å². The van der Waals surface area contributed by atoms with E-state index in [9.17, 15) is 0 Å². The number of ether oxygens (including phenoxy) is 8. The van der Waals surface area contributed by atoms with Gasteiger partial charge in [0.05, 0.1) is 28.4 Å². The average Bonchev–Trinajstić information content (AvgIpc) is 3.36. The summed E-state index contributed by atoms with van der Waals surface area (Å²) in [5.74, 6) is 10.8. The zero-order valence-corrected chi connectivity index (χ0v) is 53.7. The topological polar surface area (TPSA) is 73.8 Å². The Hall–Kier alpha value is -6.74. The van der Waals surface area contributed by atoms with Gasteiger partial charge in [-0.2, -0.15) is 36.4 Å². The third-order valence-corrected chi connectivity index (χ3v) is 13.4. The van der Waals surface area contributed by atoms with E-state index in [-0.39, 0.29) is 32.7 Å². The molecule has 0 spiro atoms. The van der Waals surface area contributed by atoms with Gasteiger partial charge in [0.2, 0.25) is 0 Å². The molecular weight excluding hydrogens is 1060 g/mol. The number of hydrogen-bond donors (Lipinski definition) is 0. The minimum atomic E-state index is 0. The summed E-state index contributed by atoms with van der Waals surface area (Å²) >= 11 is 0. The molecule has 0 heterocycles. The summed E-state index contributed by atoms with van der Waals surface area (Å²) < 4.78 is 45.8. The van der Waals surface area contributed by atoms with Gasteiger partial charge in [0.15, 0.2) is 0 Å². The molecule has 0 saturated heterocycles. The van der Waals surface area contributed by atoms with Crippen LogP contribution in [-0.4, -0.2) is 28.4 Å². The molecule has 0 aliphatic heterocycles. The van der Waals surface area contributed by atoms with Crippen molar-refractivity contribution in [3.05, 3.63) is 210 Å². The zero-order valence-electron chi connectivity index (χ0n) is 50.9. The molecule has 0 saturated carbocycles. The molecule has 0 aromatic heterocycles. The van der Waals surface area contributed by atoms with E-state index in [1.54, 1.807) is 28.4 Å². The molecule has 8 nitrogen and oxygen atoms in total. The predicted molar refractivity (Wildman–Crippen MR) is 321 cm³/mol. The summed E-state index contributed by atoms with van der Waals surface area (Å²) in [6, 6.07) is 40.6. The van der Waals surface area contributed by atoms with Crippen LogP contribution < -0.4 is 37.9 Å². The molecular formula is C70H82O8Y-2. The quantitative estimate of drug-likeness (QED) is 0.106. The van der Waals surface area contributed by atoms with Crippen molar-refractivity contribution in [3.63, 3.8) is 0 Å². The smallest absolute Gasteiger partial charge is 0.133 e. The molecule has 9 heteroatoms. The Balaban J connectivity index is 0.000000226. The van der Waals surface area contributed by atoms with Crippen LogP contribution in [0.5, 0.6) is 69.0 Å². The monoisotopic (exact) mass is 1140 g/mol. The minimum Gasteiger partial charge on any atom is -0.496 e. The Morgan fingerprint density at radius 1 is 0.278 bits per heavy atom. The van der Waals surface area contributed by atoms with Crippen LogP contribution in [-0.2, 0) is 39.1 Å². The van der Waals surface area contributed by atoms with E-state index in [1.165, 1.54) is 16.7 Å². The Bertz CT molecular complexity index is 2920. The molecule has 8 aromatic rings. The SMILES string of the molecule is CCc1cc(C)c(Oc2cc(C)c(OC)c(C)c2)c(C)c1.COc1c(C)cc(Oc2c(C)c[c-]cc2C)cc1C.COc1c(C)cc(Oc2c(C)c[c-]cc2C)cc1C.COc1c(C)cc(Oc2c(C)cccc2C)cc1C.[Y]. The van der Waals surface area contributed by atoms with Gasteiger partial charge in [-0.25, -0.2) is 0 Å². The molecule has 1 radical (unpaired) electrons. The summed E-state index contributed by atoms with van der Waals surface area (Å²) in [7, 11) is 6.78. The first-order chi connectivity index (χ1) is 37.0. The summed E-state index contributed by atoms with van der Waals surface area (Å²) in [5.41, 5.74) is 19.0. The number of hydrogen-bond acceptors (Lipinski definition) is 8. The van der Waals surface area contributed by atoms with Crippen molar-refractivity contribution >= 4 is 0 Å². The molecule has 0 aliphatic rings. The van der Waals surface area contributed by atoms with Crippen LogP contribution in [0.15, 0.2) is 103 Å².